The Morgan fingerprint density at radius 1 is 1.43 bits per heavy atom. The minimum atomic E-state index is -0.807. The number of nitrogens with zero attached hydrogens (tertiary/aromatic N) is 2. The van der Waals surface area contributed by atoms with E-state index in [2.05, 4.69) is 10.1 Å². The van der Waals surface area contributed by atoms with E-state index in [9.17, 15) is 14.0 Å². The van der Waals surface area contributed by atoms with E-state index in [1.54, 1.807) is 0 Å². The maximum atomic E-state index is 14.3. The van der Waals surface area contributed by atoms with Gasteiger partial charge in [0.1, 0.15) is 11.9 Å². The Balaban J connectivity index is 2.65. The van der Waals surface area contributed by atoms with Gasteiger partial charge in [0.05, 0.1) is 24.0 Å². The molecule has 0 radical (unpaired) electrons. The molecule has 2 rings (SSSR count). The lowest BCUT2D eigenvalue weighted by atomic mass is 10.2. The lowest BCUT2D eigenvalue weighted by Gasteiger charge is -2.10. The number of nitrogens with two attached hydrogens (primary N) is 1. The molecule has 0 bridgehead atoms. The molecule has 0 atom stereocenters. The lowest BCUT2D eigenvalue weighted by molar-refractivity contribution is 0.0592. The first-order valence-electron chi connectivity index (χ1n) is 6.45. The number of amides is 1. The molecule has 0 aliphatic heterocycles. The van der Waals surface area contributed by atoms with E-state index in [-0.39, 0.29) is 28.2 Å². The summed E-state index contributed by atoms with van der Waals surface area (Å²) in [7, 11) is 2.57. The molecule has 1 heterocycles. The van der Waals surface area contributed by atoms with E-state index in [4.69, 9.17) is 11.0 Å². The standard InChI is InChI=1S/C15H13FN4O3/c1-19-14(21)8-3-4-11(10(16)5-8)20-7-9(6-17)12(18)13(20)15(22)23-2/h3-5,7H,18H2,1-2H3,(H,19,21). The van der Waals surface area contributed by atoms with E-state index in [1.807, 2.05) is 6.07 Å². The van der Waals surface area contributed by atoms with E-state index in [0.29, 0.717) is 0 Å². The van der Waals surface area contributed by atoms with Gasteiger partial charge in [-0.25, -0.2) is 9.18 Å². The topological polar surface area (TPSA) is 110 Å². The second kappa shape index (κ2) is 6.19. The highest BCUT2D eigenvalue weighted by Gasteiger charge is 2.23. The second-order valence-electron chi connectivity index (χ2n) is 4.52. The molecule has 7 nitrogen and oxygen atoms in total. The van der Waals surface area contributed by atoms with Gasteiger partial charge in [-0.05, 0) is 18.2 Å². The summed E-state index contributed by atoms with van der Waals surface area (Å²) in [6.07, 6.45) is 1.24. The molecule has 0 unspecified atom stereocenters. The maximum Gasteiger partial charge on any atom is 0.357 e. The van der Waals surface area contributed by atoms with Gasteiger partial charge in [0.25, 0.3) is 5.91 Å². The summed E-state index contributed by atoms with van der Waals surface area (Å²) >= 11 is 0. The Morgan fingerprint density at radius 2 is 2.13 bits per heavy atom. The molecule has 1 aromatic heterocycles. The predicted octanol–water partition coefficient (Wildman–Crippen LogP) is 1.22. The molecule has 0 aliphatic rings. The van der Waals surface area contributed by atoms with Crippen molar-refractivity contribution in [2.24, 2.45) is 0 Å². The van der Waals surface area contributed by atoms with E-state index in [0.717, 1.165) is 17.7 Å². The summed E-state index contributed by atoms with van der Waals surface area (Å²) < 4.78 is 20.1. The van der Waals surface area contributed by atoms with Gasteiger partial charge < -0.3 is 20.4 Å². The van der Waals surface area contributed by atoms with Gasteiger partial charge in [-0.3, -0.25) is 4.79 Å². The predicted molar refractivity (Wildman–Crippen MR) is 79.6 cm³/mol. The maximum absolute atomic E-state index is 14.3. The van der Waals surface area contributed by atoms with Crippen LogP contribution in [0.2, 0.25) is 0 Å². The molecular formula is C15H13FN4O3. The van der Waals surface area contributed by atoms with Gasteiger partial charge in [0, 0.05) is 18.8 Å². The Morgan fingerprint density at radius 3 is 2.65 bits per heavy atom. The molecule has 1 aromatic carbocycles. The number of carbonyl (C=O) groups is 2. The first-order valence-corrected chi connectivity index (χ1v) is 6.45. The fraction of sp³-hybridized carbons (Fsp3) is 0.133. The number of hydrogen-bond donors (Lipinski definition) is 2. The first-order chi connectivity index (χ1) is 10.9. The van der Waals surface area contributed by atoms with Gasteiger partial charge in [0.2, 0.25) is 0 Å². The number of rotatable bonds is 3. The van der Waals surface area contributed by atoms with Crippen molar-refractivity contribution in [1.29, 1.82) is 5.26 Å². The molecule has 1 amide bonds. The summed E-state index contributed by atoms with van der Waals surface area (Å²) in [6.45, 7) is 0. The molecule has 0 spiro atoms. The van der Waals surface area contributed by atoms with Crippen LogP contribution in [0.25, 0.3) is 5.69 Å². The van der Waals surface area contributed by atoms with Crippen LogP contribution in [0.15, 0.2) is 24.4 Å². The van der Waals surface area contributed by atoms with Crippen LogP contribution >= 0.6 is 0 Å². The summed E-state index contributed by atoms with van der Waals surface area (Å²) in [5.41, 5.74) is 5.59. The number of esters is 1. The number of anilines is 1. The number of nitrogens with one attached hydrogen (secondary N) is 1. The van der Waals surface area contributed by atoms with E-state index < -0.39 is 17.7 Å². The highest BCUT2D eigenvalue weighted by atomic mass is 19.1. The second-order valence-corrected chi connectivity index (χ2v) is 4.52. The van der Waals surface area contributed by atoms with Crippen molar-refractivity contribution in [1.82, 2.24) is 9.88 Å². The SMILES string of the molecule is CNC(=O)c1ccc(-n2cc(C#N)c(N)c2C(=O)OC)c(F)c1. The molecule has 8 heteroatoms. The molecule has 0 saturated carbocycles. The number of hydrogen-bond acceptors (Lipinski definition) is 5. The van der Waals surface area contributed by atoms with Crippen LogP contribution in [0.5, 0.6) is 0 Å². The average molecular weight is 316 g/mol. The first kappa shape index (κ1) is 16.0. The third-order valence-electron chi connectivity index (χ3n) is 3.24. The van der Waals surface area contributed by atoms with Gasteiger partial charge in [-0.2, -0.15) is 5.26 Å². The van der Waals surface area contributed by atoms with Crippen molar-refractivity contribution < 1.29 is 18.7 Å². The highest BCUT2D eigenvalue weighted by molar-refractivity contribution is 5.96. The summed E-state index contributed by atoms with van der Waals surface area (Å²) in [5, 5.41) is 11.4. The van der Waals surface area contributed by atoms with Crippen molar-refractivity contribution in [3.05, 3.63) is 47.0 Å². The Bertz CT molecular complexity index is 836. The Labute approximate surface area is 131 Å². The molecular weight excluding hydrogens is 303 g/mol. The molecule has 3 N–H and O–H groups in total. The highest BCUT2D eigenvalue weighted by Crippen LogP contribution is 2.26. The minimum Gasteiger partial charge on any atom is -0.464 e. The molecule has 2 aromatic rings. The molecule has 118 valence electrons. The summed E-state index contributed by atoms with van der Waals surface area (Å²) in [5.74, 6) is -2.01. The monoisotopic (exact) mass is 316 g/mol. The molecule has 23 heavy (non-hydrogen) atoms. The lowest BCUT2D eigenvalue weighted by Crippen LogP contribution is -2.18. The van der Waals surface area contributed by atoms with Crippen LogP contribution in [0.4, 0.5) is 10.1 Å². The van der Waals surface area contributed by atoms with Crippen LogP contribution in [-0.2, 0) is 4.74 Å². The number of carbonyl (C=O) groups excluding carboxylic acids is 2. The van der Waals surface area contributed by atoms with Crippen LogP contribution in [-0.4, -0.2) is 30.6 Å². The summed E-state index contributed by atoms with van der Waals surface area (Å²) in [4.78, 5) is 23.4. The van der Waals surface area contributed by atoms with E-state index in [1.165, 1.54) is 25.4 Å². The number of halogens is 1. The molecule has 0 saturated heterocycles. The van der Waals surface area contributed by atoms with Crippen LogP contribution in [0.3, 0.4) is 0 Å². The molecule has 0 aliphatic carbocycles. The third-order valence-corrected chi connectivity index (χ3v) is 3.24. The third kappa shape index (κ3) is 2.72. The van der Waals surface area contributed by atoms with Crippen molar-refractivity contribution in [2.75, 3.05) is 19.9 Å². The zero-order valence-electron chi connectivity index (χ0n) is 12.4. The Kier molecular flexibility index (Phi) is 4.32. The zero-order chi connectivity index (χ0) is 17.1. The van der Waals surface area contributed by atoms with Crippen molar-refractivity contribution in [3.63, 3.8) is 0 Å². The normalized spacial score (nSPS) is 10.0. The van der Waals surface area contributed by atoms with Gasteiger partial charge in [0.15, 0.2) is 5.69 Å². The van der Waals surface area contributed by atoms with Crippen molar-refractivity contribution >= 4 is 17.6 Å². The average Bonchev–Trinajstić information content (AvgIpc) is 2.89. The van der Waals surface area contributed by atoms with Crippen LogP contribution < -0.4 is 11.1 Å². The molecule has 0 fully saturated rings. The van der Waals surface area contributed by atoms with Crippen LogP contribution in [0, 0.1) is 17.1 Å². The van der Waals surface area contributed by atoms with Crippen LogP contribution in [0.1, 0.15) is 26.4 Å². The van der Waals surface area contributed by atoms with Gasteiger partial charge >= 0.3 is 5.97 Å². The van der Waals surface area contributed by atoms with Gasteiger partial charge in [-0.1, -0.05) is 0 Å². The number of methoxy groups -OCH3 is 1. The largest absolute Gasteiger partial charge is 0.464 e. The zero-order valence-corrected chi connectivity index (χ0v) is 12.4. The number of aromatic nitrogens is 1. The number of benzene rings is 1. The fourth-order valence-electron chi connectivity index (χ4n) is 2.09. The smallest absolute Gasteiger partial charge is 0.357 e. The number of nitrogen functional groups attached to an aromatic ring is 1. The number of ether oxygens (including phenoxy) is 1. The fourth-order valence-corrected chi connectivity index (χ4v) is 2.09. The van der Waals surface area contributed by atoms with E-state index >= 15 is 0 Å². The van der Waals surface area contributed by atoms with Crippen molar-refractivity contribution in [3.8, 4) is 11.8 Å². The number of nitriles is 1. The van der Waals surface area contributed by atoms with Crippen molar-refractivity contribution in [2.45, 2.75) is 0 Å². The quantitative estimate of drug-likeness (QED) is 0.827. The van der Waals surface area contributed by atoms with Gasteiger partial charge in [-0.15, -0.1) is 0 Å². The Hall–Kier alpha value is -3.34. The minimum absolute atomic E-state index is 0.0141. The summed E-state index contributed by atoms with van der Waals surface area (Å²) in [6, 6.07) is 5.55.